The standard InChI is InChI=1S/C18H11I/c19-17-11-13-6-2-3-7-14(13)16-10-9-12-5-1-4-8-15(12)18(16)17/h1-11H. The molecule has 0 aromatic heterocycles. The first-order valence-electron chi connectivity index (χ1n) is 6.33. The number of benzene rings is 4. The lowest BCUT2D eigenvalue weighted by molar-refractivity contribution is 1.75. The maximum Gasteiger partial charge on any atom is 0.0221 e. The third-order valence-corrected chi connectivity index (χ3v) is 4.55. The molecule has 0 nitrogen and oxygen atoms in total. The molecule has 0 bridgehead atoms. The summed E-state index contributed by atoms with van der Waals surface area (Å²) in [5, 5.41) is 8.02. The average molecular weight is 354 g/mol. The molecule has 0 fully saturated rings. The Hall–Kier alpha value is -1.61. The molecule has 0 unspecified atom stereocenters. The van der Waals surface area contributed by atoms with Gasteiger partial charge in [0.15, 0.2) is 0 Å². The Bertz CT molecular complexity index is 922. The monoisotopic (exact) mass is 354 g/mol. The van der Waals surface area contributed by atoms with Gasteiger partial charge >= 0.3 is 0 Å². The van der Waals surface area contributed by atoms with Crippen molar-refractivity contribution in [2.24, 2.45) is 0 Å². The Morgan fingerprint density at radius 1 is 0.579 bits per heavy atom. The second kappa shape index (κ2) is 4.20. The number of hydrogen-bond donors (Lipinski definition) is 0. The lowest BCUT2D eigenvalue weighted by Crippen LogP contribution is -1.84. The van der Waals surface area contributed by atoms with Crippen LogP contribution in [-0.4, -0.2) is 0 Å². The summed E-state index contributed by atoms with van der Waals surface area (Å²) in [6.45, 7) is 0. The first-order chi connectivity index (χ1) is 9.34. The molecule has 0 aliphatic heterocycles. The van der Waals surface area contributed by atoms with Crippen molar-refractivity contribution in [2.75, 3.05) is 0 Å². The van der Waals surface area contributed by atoms with Crippen molar-refractivity contribution in [1.82, 2.24) is 0 Å². The van der Waals surface area contributed by atoms with E-state index < -0.39 is 0 Å². The molecule has 0 aliphatic carbocycles. The molecule has 0 saturated heterocycles. The fourth-order valence-electron chi connectivity index (χ4n) is 2.83. The molecule has 0 amide bonds. The van der Waals surface area contributed by atoms with E-state index >= 15 is 0 Å². The van der Waals surface area contributed by atoms with Crippen molar-refractivity contribution in [3.8, 4) is 0 Å². The second-order valence-electron chi connectivity index (χ2n) is 4.79. The minimum atomic E-state index is 1.31. The van der Waals surface area contributed by atoms with E-state index in [9.17, 15) is 0 Å². The third-order valence-electron chi connectivity index (χ3n) is 3.70. The summed E-state index contributed by atoms with van der Waals surface area (Å²) in [6, 6.07) is 24.0. The maximum atomic E-state index is 2.45. The van der Waals surface area contributed by atoms with E-state index in [1.54, 1.807) is 0 Å². The average Bonchev–Trinajstić information content (AvgIpc) is 2.46. The summed E-state index contributed by atoms with van der Waals surface area (Å²) in [7, 11) is 0. The fourth-order valence-corrected chi connectivity index (χ4v) is 3.75. The Morgan fingerprint density at radius 3 is 2.11 bits per heavy atom. The van der Waals surface area contributed by atoms with Gasteiger partial charge in [-0.15, -0.1) is 0 Å². The van der Waals surface area contributed by atoms with E-state index in [0.29, 0.717) is 0 Å². The number of halogens is 1. The Labute approximate surface area is 125 Å². The summed E-state index contributed by atoms with van der Waals surface area (Å²) in [6.07, 6.45) is 0. The molecule has 4 aromatic rings. The van der Waals surface area contributed by atoms with Crippen LogP contribution in [-0.2, 0) is 0 Å². The highest BCUT2D eigenvalue weighted by Gasteiger charge is 2.07. The lowest BCUT2D eigenvalue weighted by Gasteiger charge is -2.09. The molecule has 0 saturated carbocycles. The van der Waals surface area contributed by atoms with Crippen LogP contribution in [0.5, 0.6) is 0 Å². The molecule has 0 heterocycles. The van der Waals surface area contributed by atoms with Crippen LogP contribution in [0.15, 0.2) is 66.7 Å². The molecule has 19 heavy (non-hydrogen) atoms. The van der Waals surface area contributed by atoms with E-state index in [1.165, 1.54) is 35.9 Å². The zero-order valence-electron chi connectivity index (χ0n) is 10.2. The van der Waals surface area contributed by atoms with Crippen molar-refractivity contribution in [3.63, 3.8) is 0 Å². The van der Waals surface area contributed by atoms with E-state index in [0.717, 1.165) is 0 Å². The van der Waals surface area contributed by atoms with Crippen molar-refractivity contribution in [2.45, 2.75) is 0 Å². The van der Waals surface area contributed by atoms with Crippen LogP contribution < -0.4 is 0 Å². The van der Waals surface area contributed by atoms with Gasteiger partial charge in [-0.1, -0.05) is 60.7 Å². The highest BCUT2D eigenvalue weighted by atomic mass is 127. The quantitative estimate of drug-likeness (QED) is 0.279. The zero-order chi connectivity index (χ0) is 12.8. The first kappa shape index (κ1) is 11.2. The zero-order valence-corrected chi connectivity index (χ0v) is 12.4. The molecule has 0 aliphatic rings. The second-order valence-corrected chi connectivity index (χ2v) is 5.95. The third kappa shape index (κ3) is 1.65. The van der Waals surface area contributed by atoms with Gasteiger partial charge in [0.2, 0.25) is 0 Å². The van der Waals surface area contributed by atoms with E-state index in [1.807, 2.05) is 0 Å². The lowest BCUT2D eigenvalue weighted by atomic mass is 9.97. The summed E-state index contributed by atoms with van der Waals surface area (Å²) in [5.41, 5.74) is 0. The minimum Gasteiger partial charge on any atom is -0.0616 e. The first-order valence-corrected chi connectivity index (χ1v) is 7.41. The largest absolute Gasteiger partial charge is 0.0616 e. The topological polar surface area (TPSA) is 0 Å². The molecule has 4 aromatic carbocycles. The molecule has 0 N–H and O–H groups in total. The highest BCUT2D eigenvalue weighted by Crippen LogP contribution is 2.34. The Balaban J connectivity index is 2.35. The summed E-state index contributed by atoms with van der Waals surface area (Å²) < 4.78 is 1.32. The van der Waals surface area contributed by atoms with Gasteiger partial charge in [0.05, 0.1) is 0 Å². The molecular formula is C18H11I. The molecule has 0 radical (unpaired) electrons. The molecule has 90 valence electrons. The molecule has 0 atom stereocenters. The number of hydrogen-bond acceptors (Lipinski definition) is 0. The number of fused-ring (bicyclic) bond motifs is 5. The summed E-state index contributed by atoms with van der Waals surface area (Å²) in [5.74, 6) is 0. The van der Waals surface area contributed by atoms with Gasteiger partial charge in [-0.05, 0) is 55.6 Å². The predicted octanol–water partition coefficient (Wildman–Crippen LogP) is 5.75. The van der Waals surface area contributed by atoms with Gasteiger partial charge in [-0.25, -0.2) is 0 Å². The van der Waals surface area contributed by atoms with Crippen molar-refractivity contribution >= 4 is 54.9 Å². The smallest absolute Gasteiger partial charge is 0.0221 e. The highest BCUT2D eigenvalue weighted by molar-refractivity contribution is 14.1. The van der Waals surface area contributed by atoms with Crippen LogP contribution >= 0.6 is 22.6 Å². The molecule has 0 spiro atoms. The van der Waals surface area contributed by atoms with Crippen LogP contribution in [0, 0.1) is 3.57 Å². The van der Waals surface area contributed by atoms with E-state index in [4.69, 9.17) is 0 Å². The fraction of sp³-hybridized carbons (Fsp3) is 0. The van der Waals surface area contributed by atoms with Gasteiger partial charge in [0.25, 0.3) is 0 Å². The normalized spacial score (nSPS) is 11.4. The van der Waals surface area contributed by atoms with Crippen molar-refractivity contribution in [1.29, 1.82) is 0 Å². The molecule has 4 rings (SSSR count). The van der Waals surface area contributed by atoms with Gasteiger partial charge < -0.3 is 0 Å². The van der Waals surface area contributed by atoms with Gasteiger partial charge in [-0.2, -0.15) is 0 Å². The van der Waals surface area contributed by atoms with Crippen LogP contribution in [0.4, 0.5) is 0 Å². The van der Waals surface area contributed by atoms with Gasteiger partial charge in [-0.3, -0.25) is 0 Å². The number of rotatable bonds is 0. The van der Waals surface area contributed by atoms with Crippen LogP contribution in [0.1, 0.15) is 0 Å². The Morgan fingerprint density at radius 2 is 1.26 bits per heavy atom. The van der Waals surface area contributed by atoms with E-state index in [-0.39, 0.29) is 0 Å². The van der Waals surface area contributed by atoms with E-state index in [2.05, 4.69) is 89.3 Å². The van der Waals surface area contributed by atoms with Crippen molar-refractivity contribution in [3.05, 3.63) is 70.3 Å². The van der Waals surface area contributed by atoms with Crippen LogP contribution in [0.25, 0.3) is 32.3 Å². The maximum absolute atomic E-state index is 2.45. The predicted molar refractivity (Wildman–Crippen MR) is 91.7 cm³/mol. The van der Waals surface area contributed by atoms with Crippen molar-refractivity contribution < 1.29 is 0 Å². The van der Waals surface area contributed by atoms with Gasteiger partial charge in [0, 0.05) is 8.96 Å². The van der Waals surface area contributed by atoms with Crippen LogP contribution in [0.3, 0.4) is 0 Å². The van der Waals surface area contributed by atoms with Gasteiger partial charge in [0.1, 0.15) is 0 Å². The minimum absolute atomic E-state index is 1.31. The Kier molecular flexibility index (Phi) is 2.49. The summed E-state index contributed by atoms with van der Waals surface area (Å²) in [4.78, 5) is 0. The van der Waals surface area contributed by atoms with Crippen LogP contribution in [0.2, 0.25) is 0 Å². The molecule has 1 heteroatoms. The SMILES string of the molecule is Ic1cc2ccccc2c2ccc3ccccc3c12. The summed E-state index contributed by atoms with van der Waals surface area (Å²) >= 11 is 2.45. The molecular weight excluding hydrogens is 343 g/mol.